The molecule has 1 saturated heterocycles. The zero-order valence-electron chi connectivity index (χ0n) is 15.4. The van der Waals surface area contributed by atoms with E-state index in [2.05, 4.69) is 0 Å². The molecule has 0 N–H and O–H groups in total. The topological polar surface area (TPSA) is 93.0 Å². The van der Waals surface area contributed by atoms with E-state index in [1.165, 1.54) is 25.1 Å². The molecule has 8 heteroatoms. The average Bonchev–Trinajstić information content (AvgIpc) is 2.89. The summed E-state index contributed by atoms with van der Waals surface area (Å²) in [5.41, 5.74) is 0.258. The summed E-state index contributed by atoms with van der Waals surface area (Å²) in [7, 11) is 3.37. The maximum atomic E-state index is 12.5. The van der Waals surface area contributed by atoms with Crippen molar-refractivity contribution >= 4 is 23.3 Å². The van der Waals surface area contributed by atoms with Crippen LogP contribution in [0.3, 0.4) is 0 Å². The SMILES string of the molecule is C[C@@H](OC(=O)c1ccc(N(C)C)c([N+](=O)[O-])c1)C(=O)N1CCCCCC1. The van der Waals surface area contributed by atoms with Gasteiger partial charge in [-0.25, -0.2) is 4.79 Å². The standard InChI is InChI=1S/C18H25N3O5/c1-13(17(22)20-10-6-4-5-7-11-20)26-18(23)14-8-9-15(19(2)3)16(12-14)21(24)25/h8-9,12-13H,4-7,10-11H2,1-3H3/t13-/m1/s1. The van der Waals surface area contributed by atoms with Gasteiger partial charge in [-0.05, 0) is 31.9 Å². The maximum Gasteiger partial charge on any atom is 0.339 e. The second-order valence-electron chi connectivity index (χ2n) is 6.64. The Hall–Kier alpha value is -2.64. The first kappa shape index (κ1) is 19.7. The predicted molar refractivity (Wildman–Crippen MR) is 97.3 cm³/mol. The quantitative estimate of drug-likeness (QED) is 0.453. The lowest BCUT2D eigenvalue weighted by atomic mass is 10.1. The van der Waals surface area contributed by atoms with E-state index in [0.717, 1.165) is 25.7 Å². The smallest absolute Gasteiger partial charge is 0.339 e. The number of nitrogens with zero attached hydrogens (tertiary/aromatic N) is 3. The third-order valence-corrected chi connectivity index (χ3v) is 4.44. The van der Waals surface area contributed by atoms with Gasteiger partial charge in [0.1, 0.15) is 5.69 Å². The number of amides is 1. The highest BCUT2D eigenvalue weighted by atomic mass is 16.6. The number of ether oxygens (including phenoxy) is 1. The molecule has 0 saturated carbocycles. The van der Waals surface area contributed by atoms with E-state index >= 15 is 0 Å². The molecular weight excluding hydrogens is 338 g/mol. The zero-order valence-corrected chi connectivity index (χ0v) is 15.4. The molecule has 1 aliphatic heterocycles. The summed E-state index contributed by atoms with van der Waals surface area (Å²) in [5.74, 6) is -0.964. The molecule has 1 atom stereocenters. The van der Waals surface area contributed by atoms with Crippen molar-refractivity contribution < 1.29 is 19.2 Å². The van der Waals surface area contributed by atoms with Gasteiger partial charge in [0, 0.05) is 33.3 Å². The number of esters is 1. The van der Waals surface area contributed by atoms with Gasteiger partial charge in [-0.3, -0.25) is 14.9 Å². The van der Waals surface area contributed by atoms with E-state index in [4.69, 9.17) is 4.74 Å². The summed E-state index contributed by atoms with van der Waals surface area (Å²) in [4.78, 5) is 38.8. The van der Waals surface area contributed by atoms with Crippen LogP contribution in [0.15, 0.2) is 18.2 Å². The van der Waals surface area contributed by atoms with Crippen LogP contribution in [0.5, 0.6) is 0 Å². The van der Waals surface area contributed by atoms with Gasteiger partial charge in [0.2, 0.25) is 0 Å². The van der Waals surface area contributed by atoms with Crippen molar-refractivity contribution in [1.29, 1.82) is 0 Å². The fourth-order valence-electron chi connectivity index (χ4n) is 3.00. The average molecular weight is 363 g/mol. The number of rotatable bonds is 5. The molecular formula is C18H25N3O5. The minimum atomic E-state index is -0.923. The molecule has 1 amide bonds. The van der Waals surface area contributed by atoms with Gasteiger partial charge in [0.05, 0.1) is 10.5 Å². The molecule has 1 aromatic carbocycles. The Balaban J connectivity index is 2.09. The first-order chi connectivity index (χ1) is 12.3. The highest BCUT2D eigenvalue weighted by Gasteiger charge is 2.26. The van der Waals surface area contributed by atoms with Crippen LogP contribution >= 0.6 is 0 Å². The van der Waals surface area contributed by atoms with Gasteiger partial charge in [0.15, 0.2) is 6.10 Å². The fourth-order valence-corrected chi connectivity index (χ4v) is 3.00. The molecule has 1 heterocycles. The van der Waals surface area contributed by atoms with Crippen molar-refractivity contribution in [3.63, 3.8) is 0 Å². The lowest BCUT2D eigenvalue weighted by molar-refractivity contribution is -0.384. The molecule has 1 aromatic rings. The first-order valence-electron chi connectivity index (χ1n) is 8.76. The number of hydrogen-bond acceptors (Lipinski definition) is 6. The summed E-state index contributed by atoms with van der Waals surface area (Å²) in [6.45, 7) is 2.88. The molecule has 0 bridgehead atoms. The van der Waals surface area contributed by atoms with Gasteiger partial charge >= 0.3 is 5.97 Å². The van der Waals surface area contributed by atoms with E-state index in [1.54, 1.807) is 23.9 Å². The largest absolute Gasteiger partial charge is 0.449 e. The van der Waals surface area contributed by atoms with E-state index in [1.807, 2.05) is 0 Å². The number of carbonyl (C=O) groups excluding carboxylic acids is 2. The molecule has 1 fully saturated rings. The van der Waals surface area contributed by atoms with Gasteiger partial charge in [-0.2, -0.15) is 0 Å². The molecule has 0 radical (unpaired) electrons. The summed E-state index contributed by atoms with van der Waals surface area (Å²) in [6.07, 6.45) is 3.17. The highest BCUT2D eigenvalue weighted by Crippen LogP contribution is 2.28. The van der Waals surface area contributed by atoms with Gasteiger partial charge in [-0.1, -0.05) is 12.8 Å². The van der Waals surface area contributed by atoms with Crippen LogP contribution in [0.1, 0.15) is 43.0 Å². The Bertz CT molecular complexity index is 681. The first-order valence-corrected chi connectivity index (χ1v) is 8.76. The number of benzene rings is 1. The summed E-state index contributed by atoms with van der Waals surface area (Å²) < 4.78 is 5.26. The maximum absolute atomic E-state index is 12.5. The Morgan fingerprint density at radius 1 is 1.19 bits per heavy atom. The second-order valence-corrected chi connectivity index (χ2v) is 6.64. The second kappa shape index (κ2) is 8.64. The minimum absolute atomic E-state index is 0.0535. The molecule has 26 heavy (non-hydrogen) atoms. The molecule has 1 aliphatic rings. The van der Waals surface area contributed by atoms with E-state index in [9.17, 15) is 19.7 Å². The minimum Gasteiger partial charge on any atom is -0.449 e. The highest BCUT2D eigenvalue weighted by molar-refractivity contribution is 5.93. The lowest BCUT2D eigenvalue weighted by Gasteiger charge is -2.24. The summed E-state index contributed by atoms with van der Waals surface area (Å²) in [5, 5.41) is 11.2. The third kappa shape index (κ3) is 4.71. The van der Waals surface area contributed by atoms with Crippen molar-refractivity contribution in [2.45, 2.75) is 38.7 Å². The van der Waals surface area contributed by atoms with Gasteiger partial charge in [-0.15, -0.1) is 0 Å². The van der Waals surface area contributed by atoms with Crippen LogP contribution in [0.2, 0.25) is 0 Å². The number of anilines is 1. The van der Waals surface area contributed by atoms with Crippen molar-refractivity contribution in [3.05, 3.63) is 33.9 Å². The van der Waals surface area contributed by atoms with Crippen LogP contribution in [0.4, 0.5) is 11.4 Å². The van der Waals surface area contributed by atoms with Crippen molar-refractivity contribution in [2.75, 3.05) is 32.1 Å². The summed E-state index contributed by atoms with van der Waals surface area (Å²) >= 11 is 0. The van der Waals surface area contributed by atoms with E-state index in [0.29, 0.717) is 18.8 Å². The van der Waals surface area contributed by atoms with E-state index in [-0.39, 0.29) is 17.2 Å². The molecule has 0 aromatic heterocycles. The Kier molecular flexibility index (Phi) is 6.54. The normalized spacial score (nSPS) is 15.7. The third-order valence-electron chi connectivity index (χ3n) is 4.44. The van der Waals surface area contributed by atoms with Crippen LogP contribution in [-0.4, -0.2) is 55.0 Å². The predicted octanol–water partition coefficient (Wildman–Crippen LogP) is 2.61. The Morgan fingerprint density at radius 2 is 1.81 bits per heavy atom. The van der Waals surface area contributed by atoms with Crippen LogP contribution in [0.25, 0.3) is 0 Å². The molecule has 0 spiro atoms. The van der Waals surface area contributed by atoms with Crippen LogP contribution in [0, 0.1) is 10.1 Å². The number of likely N-dealkylation sites (tertiary alicyclic amines) is 1. The Morgan fingerprint density at radius 3 is 2.35 bits per heavy atom. The van der Waals surface area contributed by atoms with Gasteiger partial charge < -0.3 is 14.5 Å². The monoisotopic (exact) mass is 363 g/mol. The molecule has 2 rings (SSSR count). The zero-order chi connectivity index (χ0) is 19.3. The number of nitro groups is 1. The number of nitro benzene ring substituents is 1. The van der Waals surface area contributed by atoms with Gasteiger partial charge in [0.25, 0.3) is 11.6 Å². The van der Waals surface area contributed by atoms with Crippen molar-refractivity contribution in [1.82, 2.24) is 4.90 Å². The molecule has 8 nitrogen and oxygen atoms in total. The van der Waals surface area contributed by atoms with E-state index < -0.39 is 17.0 Å². The molecule has 142 valence electrons. The van der Waals surface area contributed by atoms with Crippen LogP contribution < -0.4 is 4.90 Å². The Labute approximate surface area is 152 Å². The fraction of sp³-hybridized carbons (Fsp3) is 0.556. The lowest BCUT2D eigenvalue weighted by Crippen LogP contribution is -2.40. The van der Waals surface area contributed by atoms with Crippen molar-refractivity contribution in [2.24, 2.45) is 0 Å². The molecule has 0 unspecified atom stereocenters. The number of hydrogen-bond donors (Lipinski definition) is 0. The summed E-state index contributed by atoms with van der Waals surface area (Å²) in [6, 6.07) is 4.14. The van der Waals surface area contributed by atoms with Crippen LogP contribution in [-0.2, 0) is 9.53 Å². The number of carbonyl (C=O) groups is 2. The van der Waals surface area contributed by atoms with Crippen molar-refractivity contribution in [3.8, 4) is 0 Å². The molecule has 0 aliphatic carbocycles.